The third-order valence-electron chi connectivity index (χ3n) is 2.09. The Hall–Kier alpha value is -2.37. The minimum atomic E-state index is -0.524. The highest BCUT2D eigenvalue weighted by molar-refractivity contribution is 5.39. The molecule has 2 rings (SSSR count). The van der Waals surface area contributed by atoms with Crippen LogP contribution in [0.1, 0.15) is 5.56 Å². The summed E-state index contributed by atoms with van der Waals surface area (Å²) < 4.78 is 1.17. The molecule has 1 heterocycles. The van der Waals surface area contributed by atoms with Crippen LogP contribution >= 0.6 is 0 Å². The van der Waals surface area contributed by atoms with E-state index in [2.05, 4.69) is 10.1 Å². The molecule has 82 valence electrons. The second kappa shape index (κ2) is 4.01. The van der Waals surface area contributed by atoms with Gasteiger partial charge < -0.3 is 5.73 Å². The Bertz CT molecular complexity index is 597. The van der Waals surface area contributed by atoms with Crippen molar-refractivity contribution in [2.45, 2.75) is 6.54 Å². The third-order valence-corrected chi connectivity index (χ3v) is 2.09. The molecule has 0 aliphatic rings. The fourth-order valence-corrected chi connectivity index (χ4v) is 1.29. The van der Waals surface area contributed by atoms with Crippen LogP contribution < -0.4 is 17.0 Å². The molecule has 0 saturated carbocycles. The van der Waals surface area contributed by atoms with E-state index in [4.69, 9.17) is 5.73 Å². The number of aromatic nitrogens is 3. The first kappa shape index (κ1) is 10.2. The minimum absolute atomic E-state index is 0.301. The van der Waals surface area contributed by atoms with Crippen molar-refractivity contribution in [1.82, 2.24) is 14.8 Å². The van der Waals surface area contributed by atoms with Crippen LogP contribution in [0.15, 0.2) is 40.1 Å². The molecule has 1 aromatic carbocycles. The number of nitrogens with zero attached hydrogens (tertiary/aromatic N) is 2. The molecule has 0 spiro atoms. The van der Waals surface area contributed by atoms with Gasteiger partial charge in [-0.05, 0) is 17.7 Å². The van der Waals surface area contributed by atoms with Crippen molar-refractivity contribution in [1.29, 1.82) is 0 Å². The lowest BCUT2D eigenvalue weighted by atomic mass is 10.2. The molecule has 1 aromatic heterocycles. The fraction of sp³-hybridized carbons (Fsp3) is 0.100. The van der Waals surface area contributed by atoms with Gasteiger partial charge in [0.15, 0.2) is 0 Å². The average Bonchev–Trinajstić information content (AvgIpc) is 2.25. The normalized spacial score (nSPS) is 10.2. The first-order chi connectivity index (χ1) is 7.65. The van der Waals surface area contributed by atoms with E-state index in [-0.39, 0.29) is 0 Å². The van der Waals surface area contributed by atoms with E-state index in [1.807, 2.05) is 0 Å². The standard InChI is InChI=1S/C10H10N4O2/c11-8-3-1-7(2-4-8)6-14-10(16)13-9(15)5-12-14/h1-5H,6,11H2,(H,13,15,16). The van der Waals surface area contributed by atoms with Crippen molar-refractivity contribution in [3.05, 3.63) is 56.9 Å². The van der Waals surface area contributed by atoms with Gasteiger partial charge in [-0.15, -0.1) is 0 Å². The molecule has 0 fully saturated rings. The lowest BCUT2D eigenvalue weighted by Gasteiger charge is -2.03. The summed E-state index contributed by atoms with van der Waals surface area (Å²) in [6, 6.07) is 7.08. The number of nitrogen functional groups attached to an aromatic ring is 1. The van der Waals surface area contributed by atoms with Crippen molar-refractivity contribution in [2.75, 3.05) is 5.73 Å². The highest BCUT2D eigenvalue weighted by Gasteiger charge is 1.99. The number of anilines is 1. The Kier molecular flexibility index (Phi) is 2.55. The molecule has 0 unspecified atom stereocenters. The van der Waals surface area contributed by atoms with Crippen molar-refractivity contribution in [2.24, 2.45) is 0 Å². The van der Waals surface area contributed by atoms with Crippen LogP contribution in [0.4, 0.5) is 5.69 Å². The molecule has 16 heavy (non-hydrogen) atoms. The summed E-state index contributed by atoms with van der Waals surface area (Å²) in [4.78, 5) is 24.3. The van der Waals surface area contributed by atoms with Crippen molar-refractivity contribution >= 4 is 5.69 Å². The molecule has 3 N–H and O–H groups in total. The number of H-pyrrole nitrogens is 1. The molecule has 0 atom stereocenters. The number of aromatic amines is 1. The summed E-state index contributed by atoms with van der Waals surface area (Å²) in [5.41, 5.74) is 6.06. The first-order valence-corrected chi connectivity index (χ1v) is 4.66. The SMILES string of the molecule is Nc1ccc(Cn2ncc(=O)[nH]c2=O)cc1. The van der Waals surface area contributed by atoms with Crippen molar-refractivity contribution in [3.63, 3.8) is 0 Å². The number of benzene rings is 1. The maximum Gasteiger partial charge on any atom is 0.345 e. The molecule has 6 nitrogen and oxygen atoms in total. The summed E-state index contributed by atoms with van der Waals surface area (Å²) in [5.74, 6) is 0. The molecular weight excluding hydrogens is 208 g/mol. The van der Waals surface area contributed by atoms with E-state index >= 15 is 0 Å². The topological polar surface area (TPSA) is 93.8 Å². The van der Waals surface area contributed by atoms with Gasteiger partial charge in [-0.3, -0.25) is 9.78 Å². The molecule has 0 aliphatic carbocycles. The zero-order chi connectivity index (χ0) is 11.5. The van der Waals surface area contributed by atoms with E-state index < -0.39 is 11.2 Å². The minimum Gasteiger partial charge on any atom is -0.399 e. The molecule has 2 aromatic rings. The summed E-state index contributed by atoms with van der Waals surface area (Å²) in [7, 11) is 0. The first-order valence-electron chi connectivity index (χ1n) is 4.66. The molecular formula is C10H10N4O2. The Labute approximate surface area is 90.4 Å². The van der Waals surface area contributed by atoms with Crippen LogP contribution in [-0.2, 0) is 6.54 Å². The second-order valence-electron chi connectivity index (χ2n) is 3.34. The summed E-state index contributed by atoms with van der Waals surface area (Å²) in [5, 5.41) is 3.72. The van der Waals surface area contributed by atoms with E-state index in [9.17, 15) is 9.59 Å². The lowest BCUT2D eigenvalue weighted by Crippen LogP contribution is -2.31. The van der Waals surface area contributed by atoms with Crippen LogP contribution in [0.25, 0.3) is 0 Å². The predicted molar refractivity (Wildman–Crippen MR) is 59.1 cm³/mol. The molecule has 0 amide bonds. The predicted octanol–water partition coefficient (Wildman–Crippen LogP) is -0.438. The highest BCUT2D eigenvalue weighted by atomic mass is 16.2. The van der Waals surface area contributed by atoms with Gasteiger partial charge >= 0.3 is 5.69 Å². The van der Waals surface area contributed by atoms with Gasteiger partial charge in [-0.1, -0.05) is 12.1 Å². The average molecular weight is 218 g/mol. The van der Waals surface area contributed by atoms with E-state index in [1.165, 1.54) is 4.68 Å². The smallest absolute Gasteiger partial charge is 0.345 e. The van der Waals surface area contributed by atoms with Crippen molar-refractivity contribution < 1.29 is 0 Å². The number of nitrogens with one attached hydrogen (secondary N) is 1. The van der Waals surface area contributed by atoms with Gasteiger partial charge in [0, 0.05) is 5.69 Å². The van der Waals surface area contributed by atoms with Gasteiger partial charge in [-0.25, -0.2) is 9.48 Å². The monoisotopic (exact) mass is 218 g/mol. The van der Waals surface area contributed by atoms with E-state index in [0.717, 1.165) is 11.8 Å². The van der Waals surface area contributed by atoms with E-state index in [0.29, 0.717) is 12.2 Å². The largest absolute Gasteiger partial charge is 0.399 e. The van der Waals surface area contributed by atoms with Crippen molar-refractivity contribution in [3.8, 4) is 0 Å². The van der Waals surface area contributed by atoms with Crippen LogP contribution in [0.2, 0.25) is 0 Å². The zero-order valence-electron chi connectivity index (χ0n) is 8.38. The van der Waals surface area contributed by atoms with Gasteiger partial charge in [-0.2, -0.15) is 5.10 Å². The van der Waals surface area contributed by atoms with Crippen LogP contribution in [0.3, 0.4) is 0 Å². The van der Waals surface area contributed by atoms with Crippen LogP contribution in [0.5, 0.6) is 0 Å². The molecule has 0 aliphatic heterocycles. The number of hydrogen-bond donors (Lipinski definition) is 2. The lowest BCUT2D eigenvalue weighted by molar-refractivity contribution is 0.607. The fourth-order valence-electron chi connectivity index (χ4n) is 1.29. The Morgan fingerprint density at radius 2 is 1.94 bits per heavy atom. The second-order valence-corrected chi connectivity index (χ2v) is 3.34. The highest BCUT2D eigenvalue weighted by Crippen LogP contribution is 2.05. The van der Waals surface area contributed by atoms with Gasteiger partial charge in [0.2, 0.25) is 0 Å². The molecule has 0 bridgehead atoms. The van der Waals surface area contributed by atoms with E-state index in [1.54, 1.807) is 24.3 Å². The number of rotatable bonds is 2. The maximum atomic E-state index is 11.3. The van der Waals surface area contributed by atoms with Crippen LogP contribution in [-0.4, -0.2) is 14.8 Å². The van der Waals surface area contributed by atoms with Gasteiger partial charge in [0.1, 0.15) is 6.20 Å². The summed E-state index contributed by atoms with van der Waals surface area (Å²) in [6.45, 7) is 0.301. The Morgan fingerprint density at radius 1 is 1.25 bits per heavy atom. The quantitative estimate of drug-likeness (QED) is 0.668. The summed E-state index contributed by atoms with van der Waals surface area (Å²) in [6.07, 6.45) is 1.07. The number of hydrogen-bond acceptors (Lipinski definition) is 4. The number of nitrogens with two attached hydrogens (primary N) is 1. The van der Waals surface area contributed by atoms with Gasteiger partial charge in [0.25, 0.3) is 5.56 Å². The summed E-state index contributed by atoms with van der Waals surface area (Å²) >= 11 is 0. The molecule has 0 radical (unpaired) electrons. The Balaban J connectivity index is 2.30. The van der Waals surface area contributed by atoms with Crippen LogP contribution in [0, 0.1) is 0 Å². The third kappa shape index (κ3) is 2.17. The van der Waals surface area contributed by atoms with Gasteiger partial charge in [0.05, 0.1) is 6.54 Å². The molecule has 0 saturated heterocycles. The maximum absolute atomic E-state index is 11.3. The zero-order valence-corrected chi connectivity index (χ0v) is 8.38. The Morgan fingerprint density at radius 3 is 2.56 bits per heavy atom. The molecule has 6 heteroatoms.